The Labute approximate surface area is 144 Å². The number of halogens is 1. The van der Waals surface area contributed by atoms with Crippen LogP contribution in [0.1, 0.15) is 18.4 Å². The molecule has 1 aliphatic rings. The van der Waals surface area contributed by atoms with Crippen molar-refractivity contribution in [2.45, 2.75) is 32.0 Å². The van der Waals surface area contributed by atoms with E-state index in [1.165, 1.54) is 5.56 Å². The number of nitrogens with zero attached hydrogens (tertiary/aromatic N) is 3. The molecule has 1 aromatic carbocycles. The number of nitrogens with one attached hydrogen (secondary N) is 1. The van der Waals surface area contributed by atoms with Crippen LogP contribution in [-0.2, 0) is 17.9 Å². The van der Waals surface area contributed by atoms with Gasteiger partial charge in [-0.25, -0.2) is 0 Å². The van der Waals surface area contributed by atoms with Crippen LogP contribution in [0.4, 0.5) is 0 Å². The Balaban J connectivity index is 1.41. The van der Waals surface area contributed by atoms with Crippen LogP contribution in [-0.4, -0.2) is 39.7 Å². The lowest BCUT2D eigenvalue weighted by Crippen LogP contribution is -2.45. The molecule has 0 bridgehead atoms. The quantitative estimate of drug-likeness (QED) is 0.871. The molecule has 0 aliphatic carbocycles. The van der Waals surface area contributed by atoms with Crippen molar-refractivity contribution in [3.63, 3.8) is 0 Å². The van der Waals surface area contributed by atoms with E-state index >= 15 is 0 Å². The minimum Gasteiger partial charge on any atom is -0.352 e. The number of amides is 1. The summed E-state index contributed by atoms with van der Waals surface area (Å²) in [6.45, 7) is 3.30. The van der Waals surface area contributed by atoms with Gasteiger partial charge in [-0.05, 0) is 34.3 Å². The van der Waals surface area contributed by atoms with Gasteiger partial charge in [-0.1, -0.05) is 30.3 Å². The van der Waals surface area contributed by atoms with Crippen molar-refractivity contribution in [2.75, 3.05) is 13.1 Å². The Bertz CT molecular complexity index is 635. The van der Waals surface area contributed by atoms with Crippen LogP contribution in [0.5, 0.6) is 0 Å². The first kappa shape index (κ1) is 16.2. The third-order valence-corrected chi connectivity index (χ3v) is 4.52. The van der Waals surface area contributed by atoms with Gasteiger partial charge in [0.05, 0.1) is 10.7 Å². The predicted molar refractivity (Wildman–Crippen MR) is 92.8 cm³/mol. The largest absolute Gasteiger partial charge is 0.352 e. The van der Waals surface area contributed by atoms with Crippen LogP contribution >= 0.6 is 15.9 Å². The first-order valence-electron chi connectivity index (χ1n) is 7.92. The summed E-state index contributed by atoms with van der Waals surface area (Å²) in [5.74, 6) is 0.0297. The van der Waals surface area contributed by atoms with Gasteiger partial charge in [0.1, 0.15) is 6.54 Å². The summed E-state index contributed by atoms with van der Waals surface area (Å²) in [5.41, 5.74) is 1.35. The van der Waals surface area contributed by atoms with Crippen LogP contribution in [0.2, 0.25) is 0 Å². The van der Waals surface area contributed by atoms with E-state index in [4.69, 9.17) is 0 Å². The number of aromatic nitrogens is 2. The average Bonchev–Trinajstić information content (AvgIpc) is 2.95. The third-order valence-electron chi connectivity index (χ3n) is 4.11. The summed E-state index contributed by atoms with van der Waals surface area (Å²) in [7, 11) is 0. The maximum atomic E-state index is 12.1. The lowest BCUT2D eigenvalue weighted by Gasteiger charge is -2.32. The number of carbonyl (C=O) groups is 1. The van der Waals surface area contributed by atoms with Crippen LogP contribution in [0.15, 0.2) is 47.2 Å². The monoisotopic (exact) mass is 376 g/mol. The molecule has 1 saturated heterocycles. The van der Waals surface area contributed by atoms with Gasteiger partial charge in [-0.15, -0.1) is 0 Å². The lowest BCUT2D eigenvalue weighted by atomic mass is 10.0. The van der Waals surface area contributed by atoms with Crippen molar-refractivity contribution in [1.82, 2.24) is 20.0 Å². The highest BCUT2D eigenvalue weighted by atomic mass is 79.9. The Morgan fingerprint density at radius 1 is 1.26 bits per heavy atom. The van der Waals surface area contributed by atoms with Crippen LogP contribution < -0.4 is 5.32 Å². The second-order valence-electron chi connectivity index (χ2n) is 5.96. The zero-order valence-electron chi connectivity index (χ0n) is 13.0. The molecule has 0 unspecified atom stereocenters. The van der Waals surface area contributed by atoms with E-state index in [1.807, 2.05) is 12.3 Å². The fourth-order valence-electron chi connectivity index (χ4n) is 2.92. The SMILES string of the molecule is O=C(Cn1cc(Br)cn1)NC1CCN(Cc2ccccc2)CC1. The molecule has 1 N–H and O–H groups in total. The number of carbonyl (C=O) groups excluding carboxylic acids is 1. The topological polar surface area (TPSA) is 50.2 Å². The summed E-state index contributed by atoms with van der Waals surface area (Å²) in [4.78, 5) is 14.5. The highest BCUT2D eigenvalue weighted by Crippen LogP contribution is 2.14. The summed E-state index contributed by atoms with van der Waals surface area (Å²) in [6.07, 6.45) is 5.50. The summed E-state index contributed by atoms with van der Waals surface area (Å²) in [5, 5.41) is 7.23. The minimum atomic E-state index is 0.0297. The van der Waals surface area contributed by atoms with Crippen molar-refractivity contribution in [3.05, 3.63) is 52.8 Å². The zero-order chi connectivity index (χ0) is 16.1. The van der Waals surface area contributed by atoms with Gasteiger partial charge < -0.3 is 5.32 Å². The molecule has 5 nitrogen and oxygen atoms in total. The van der Waals surface area contributed by atoms with Crippen molar-refractivity contribution < 1.29 is 4.79 Å². The molecule has 2 heterocycles. The molecule has 0 saturated carbocycles. The molecular weight excluding hydrogens is 356 g/mol. The second-order valence-corrected chi connectivity index (χ2v) is 6.88. The van der Waals surface area contributed by atoms with E-state index < -0.39 is 0 Å². The molecule has 122 valence electrons. The van der Waals surface area contributed by atoms with E-state index in [0.29, 0.717) is 0 Å². The summed E-state index contributed by atoms with van der Waals surface area (Å²) >= 11 is 3.33. The highest BCUT2D eigenvalue weighted by molar-refractivity contribution is 9.10. The smallest absolute Gasteiger partial charge is 0.241 e. The molecule has 0 radical (unpaired) electrons. The number of hydrogen-bond donors (Lipinski definition) is 1. The summed E-state index contributed by atoms with van der Waals surface area (Å²) in [6, 6.07) is 10.8. The van der Waals surface area contributed by atoms with E-state index in [9.17, 15) is 4.79 Å². The van der Waals surface area contributed by atoms with Crippen molar-refractivity contribution in [3.8, 4) is 0 Å². The Morgan fingerprint density at radius 2 is 2.00 bits per heavy atom. The first-order chi connectivity index (χ1) is 11.2. The number of rotatable bonds is 5. The van der Waals surface area contributed by atoms with E-state index in [0.717, 1.165) is 36.9 Å². The number of benzene rings is 1. The molecule has 2 aromatic rings. The Hall–Kier alpha value is -1.66. The van der Waals surface area contributed by atoms with Crippen molar-refractivity contribution in [1.29, 1.82) is 0 Å². The van der Waals surface area contributed by atoms with E-state index in [-0.39, 0.29) is 18.5 Å². The molecule has 6 heteroatoms. The number of likely N-dealkylation sites (tertiary alicyclic amines) is 1. The average molecular weight is 377 g/mol. The maximum Gasteiger partial charge on any atom is 0.241 e. The van der Waals surface area contributed by atoms with Gasteiger partial charge >= 0.3 is 0 Å². The van der Waals surface area contributed by atoms with Crippen LogP contribution in [0, 0.1) is 0 Å². The van der Waals surface area contributed by atoms with Gasteiger partial charge in [0, 0.05) is 31.9 Å². The molecule has 1 fully saturated rings. The molecule has 1 aliphatic heterocycles. The first-order valence-corrected chi connectivity index (χ1v) is 8.72. The molecule has 0 spiro atoms. The zero-order valence-corrected chi connectivity index (χ0v) is 14.6. The van der Waals surface area contributed by atoms with Gasteiger partial charge in [0.2, 0.25) is 5.91 Å². The van der Waals surface area contributed by atoms with Crippen molar-refractivity contribution >= 4 is 21.8 Å². The second kappa shape index (κ2) is 7.75. The van der Waals surface area contributed by atoms with Gasteiger partial charge in [0.25, 0.3) is 0 Å². The number of hydrogen-bond acceptors (Lipinski definition) is 3. The molecule has 3 rings (SSSR count). The maximum absolute atomic E-state index is 12.1. The molecule has 23 heavy (non-hydrogen) atoms. The van der Waals surface area contributed by atoms with Crippen LogP contribution in [0.25, 0.3) is 0 Å². The fourth-order valence-corrected chi connectivity index (χ4v) is 3.25. The lowest BCUT2D eigenvalue weighted by molar-refractivity contribution is -0.122. The van der Waals surface area contributed by atoms with Crippen LogP contribution in [0.3, 0.4) is 0 Å². The minimum absolute atomic E-state index is 0.0297. The molecular formula is C17H21BrN4O. The Morgan fingerprint density at radius 3 is 2.65 bits per heavy atom. The standard InChI is InChI=1S/C17H21BrN4O/c18-15-10-19-22(12-15)13-17(23)20-16-6-8-21(9-7-16)11-14-4-2-1-3-5-14/h1-5,10,12,16H,6-9,11,13H2,(H,20,23). The van der Waals surface area contributed by atoms with E-state index in [1.54, 1.807) is 10.9 Å². The third kappa shape index (κ3) is 4.91. The normalized spacial score (nSPS) is 16.4. The van der Waals surface area contributed by atoms with E-state index in [2.05, 4.69) is 55.5 Å². The number of piperidine rings is 1. The summed E-state index contributed by atoms with van der Waals surface area (Å²) < 4.78 is 2.53. The highest BCUT2D eigenvalue weighted by Gasteiger charge is 2.20. The van der Waals surface area contributed by atoms with Gasteiger partial charge in [0.15, 0.2) is 0 Å². The Kier molecular flexibility index (Phi) is 5.46. The molecule has 1 amide bonds. The molecule has 0 atom stereocenters. The molecule has 1 aromatic heterocycles. The van der Waals surface area contributed by atoms with Crippen molar-refractivity contribution in [2.24, 2.45) is 0 Å². The predicted octanol–water partition coefficient (Wildman–Crippen LogP) is 2.43. The fraction of sp³-hybridized carbons (Fsp3) is 0.412. The van der Waals surface area contributed by atoms with Gasteiger partial charge in [-0.3, -0.25) is 14.4 Å². The van der Waals surface area contributed by atoms with Gasteiger partial charge in [-0.2, -0.15) is 5.10 Å².